The lowest BCUT2D eigenvalue weighted by Crippen LogP contribution is -2.39. The van der Waals surface area contributed by atoms with Crippen LogP contribution >= 0.6 is 23.2 Å². The molecule has 0 amide bonds. The summed E-state index contributed by atoms with van der Waals surface area (Å²) >= 11 is 12.2. The summed E-state index contributed by atoms with van der Waals surface area (Å²) in [5, 5.41) is 1.58. The minimum atomic E-state index is -4.29. The van der Waals surface area contributed by atoms with Crippen LogP contribution in [0.4, 0.5) is 5.69 Å². The highest BCUT2D eigenvalue weighted by Gasteiger charge is 2.30. The van der Waals surface area contributed by atoms with E-state index in [4.69, 9.17) is 27.9 Å². The van der Waals surface area contributed by atoms with E-state index in [-0.39, 0.29) is 26.4 Å². The second-order valence-electron chi connectivity index (χ2n) is 10.2. The standard InChI is InChI=1S/C30H28Cl2N2O5S/c1-30(2,3)39-29(36)19-34(40(37,38)25-17-22(31)16-23(32)18-25)24-8-9-26-21(15-24)5-4-6-27(26)28(35)10-7-20-11-13-33-14-12-20/h4-6,8-9,11-18H,7,10,19H2,1-3H3. The summed E-state index contributed by atoms with van der Waals surface area (Å²) < 4.78 is 34.0. The van der Waals surface area contributed by atoms with Gasteiger partial charge in [0.15, 0.2) is 5.78 Å². The van der Waals surface area contributed by atoms with Gasteiger partial charge in [-0.1, -0.05) is 47.5 Å². The summed E-state index contributed by atoms with van der Waals surface area (Å²) in [6, 6.07) is 17.9. The minimum Gasteiger partial charge on any atom is -0.459 e. The van der Waals surface area contributed by atoms with Crippen molar-refractivity contribution in [2.45, 2.75) is 44.1 Å². The Bertz CT molecular complexity index is 1650. The van der Waals surface area contributed by atoms with E-state index in [1.807, 2.05) is 12.1 Å². The molecule has 0 radical (unpaired) electrons. The smallest absolute Gasteiger partial charge is 0.327 e. The molecular weight excluding hydrogens is 571 g/mol. The van der Waals surface area contributed by atoms with E-state index in [1.165, 1.54) is 18.2 Å². The van der Waals surface area contributed by atoms with Gasteiger partial charge in [0.05, 0.1) is 10.6 Å². The molecule has 0 unspecified atom stereocenters. The molecule has 0 saturated carbocycles. The van der Waals surface area contributed by atoms with Gasteiger partial charge in [0.2, 0.25) is 0 Å². The largest absolute Gasteiger partial charge is 0.459 e. The Hall–Kier alpha value is -3.46. The third kappa shape index (κ3) is 7.18. The Morgan fingerprint density at radius 1 is 0.925 bits per heavy atom. The number of nitrogens with zero attached hydrogens (tertiary/aromatic N) is 2. The molecule has 4 aromatic rings. The number of carbonyl (C=O) groups excluding carboxylic acids is 2. The number of ether oxygens (including phenoxy) is 1. The highest BCUT2D eigenvalue weighted by Crippen LogP contribution is 2.31. The van der Waals surface area contributed by atoms with E-state index in [1.54, 1.807) is 69.6 Å². The number of fused-ring (bicyclic) bond motifs is 1. The molecule has 0 spiro atoms. The number of pyridine rings is 1. The molecule has 0 aliphatic rings. The first-order valence-electron chi connectivity index (χ1n) is 12.5. The molecule has 0 aliphatic carbocycles. The van der Waals surface area contributed by atoms with Gasteiger partial charge in [0.25, 0.3) is 10.0 Å². The lowest BCUT2D eigenvalue weighted by molar-refractivity contribution is -0.152. The average Bonchev–Trinajstić information content (AvgIpc) is 2.88. The topological polar surface area (TPSA) is 93.6 Å². The van der Waals surface area contributed by atoms with E-state index < -0.39 is 28.1 Å². The normalized spacial score (nSPS) is 11.8. The molecule has 0 atom stereocenters. The van der Waals surface area contributed by atoms with Crippen molar-refractivity contribution in [2.75, 3.05) is 10.8 Å². The van der Waals surface area contributed by atoms with Crippen LogP contribution in [0.15, 0.2) is 84.0 Å². The lowest BCUT2D eigenvalue weighted by Gasteiger charge is -2.27. The second kappa shape index (κ2) is 12.0. The Morgan fingerprint density at radius 3 is 2.25 bits per heavy atom. The lowest BCUT2D eigenvalue weighted by atomic mass is 9.97. The van der Waals surface area contributed by atoms with E-state index in [0.29, 0.717) is 29.2 Å². The molecule has 1 aromatic heterocycles. The highest BCUT2D eigenvalue weighted by molar-refractivity contribution is 7.92. The summed E-state index contributed by atoms with van der Waals surface area (Å²) in [4.78, 5) is 29.8. The van der Waals surface area contributed by atoms with Crippen LogP contribution < -0.4 is 4.31 Å². The van der Waals surface area contributed by atoms with E-state index >= 15 is 0 Å². The number of aryl methyl sites for hydroxylation is 1. The molecule has 7 nitrogen and oxygen atoms in total. The number of carbonyl (C=O) groups is 2. The number of hydrogen-bond donors (Lipinski definition) is 0. The molecule has 1 heterocycles. The van der Waals surface area contributed by atoms with Gasteiger partial charge in [-0.15, -0.1) is 0 Å². The molecule has 10 heteroatoms. The van der Waals surface area contributed by atoms with Crippen molar-refractivity contribution in [2.24, 2.45) is 0 Å². The summed E-state index contributed by atoms with van der Waals surface area (Å²) in [5.74, 6) is -0.772. The first-order chi connectivity index (χ1) is 18.8. The fraction of sp³-hybridized carbons (Fsp3) is 0.233. The van der Waals surface area contributed by atoms with Crippen molar-refractivity contribution in [3.05, 3.63) is 100 Å². The summed E-state index contributed by atoms with van der Waals surface area (Å²) in [5.41, 5.74) is 0.938. The van der Waals surface area contributed by atoms with Crippen LogP contribution in [-0.2, 0) is 26.0 Å². The predicted octanol–water partition coefficient (Wildman–Crippen LogP) is 6.89. The third-order valence-corrected chi connectivity index (χ3v) is 8.15. The maximum Gasteiger partial charge on any atom is 0.327 e. The van der Waals surface area contributed by atoms with Gasteiger partial charge >= 0.3 is 5.97 Å². The fourth-order valence-corrected chi connectivity index (χ4v) is 6.35. The zero-order valence-electron chi connectivity index (χ0n) is 22.2. The van der Waals surface area contributed by atoms with Crippen molar-refractivity contribution < 1.29 is 22.7 Å². The first-order valence-corrected chi connectivity index (χ1v) is 14.7. The SMILES string of the molecule is CC(C)(C)OC(=O)CN(c1ccc2c(C(=O)CCc3ccncc3)cccc2c1)S(=O)(=O)c1cc(Cl)cc(Cl)c1. The predicted molar refractivity (Wildman–Crippen MR) is 158 cm³/mol. The average molecular weight is 600 g/mol. The quantitative estimate of drug-likeness (QED) is 0.154. The Balaban J connectivity index is 1.72. The van der Waals surface area contributed by atoms with Gasteiger partial charge in [0, 0.05) is 34.4 Å². The molecule has 4 rings (SSSR count). The number of hydrogen-bond acceptors (Lipinski definition) is 6. The van der Waals surface area contributed by atoms with Crippen LogP contribution in [0, 0.1) is 0 Å². The van der Waals surface area contributed by atoms with Gasteiger partial charge in [-0.2, -0.15) is 0 Å². The number of Topliss-reactive ketones (excluding diaryl/α,β-unsaturated/α-hetero) is 1. The number of halogens is 2. The van der Waals surface area contributed by atoms with Crippen molar-refractivity contribution >= 4 is 61.4 Å². The minimum absolute atomic E-state index is 0.0398. The highest BCUT2D eigenvalue weighted by atomic mass is 35.5. The monoisotopic (exact) mass is 598 g/mol. The zero-order valence-corrected chi connectivity index (χ0v) is 24.6. The van der Waals surface area contributed by atoms with Gasteiger partial charge in [0.1, 0.15) is 12.1 Å². The zero-order chi connectivity index (χ0) is 29.1. The molecule has 0 bridgehead atoms. The van der Waals surface area contributed by atoms with Crippen LogP contribution in [0.25, 0.3) is 10.8 Å². The second-order valence-corrected chi connectivity index (χ2v) is 12.9. The summed E-state index contributed by atoms with van der Waals surface area (Å²) in [6.07, 6.45) is 4.25. The first kappa shape index (κ1) is 29.5. The summed E-state index contributed by atoms with van der Waals surface area (Å²) in [6.45, 7) is 4.51. The van der Waals surface area contributed by atoms with Crippen LogP contribution in [0.1, 0.15) is 43.1 Å². The number of rotatable bonds is 9. The van der Waals surface area contributed by atoms with Crippen molar-refractivity contribution in [3.8, 4) is 0 Å². The third-order valence-electron chi connectivity index (χ3n) is 5.96. The van der Waals surface area contributed by atoms with Crippen LogP contribution in [0.5, 0.6) is 0 Å². The molecule has 0 aliphatic heterocycles. The van der Waals surface area contributed by atoms with Crippen LogP contribution in [0.3, 0.4) is 0 Å². The van der Waals surface area contributed by atoms with Crippen LogP contribution in [0.2, 0.25) is 10.0 Å². The number of ketones is 1. The maximum absolute atomic E-state index is 13.8. The Morgan fingerprint density at radius 2 is 1.60 bits per heavy atom. The van der Waals surface area contributed by atoms with Crippen molar-refractivity contribution in [3.63, 3.8) is 0 Å². The maximum atomic E-state index is 13.8. The molecular formula is C30H28Cl2N2O5S. The number of anilines is 1. The Labute approximate surface area is 243 Å². The van der Waals surface area contributed by atoms with Gasteiger partial charge in [-0.25, -0.2) is 8.42 Å². The molecule has 3 aromatic carbocycles. The van der Waals surface area contributed by atoms with Crippen LogP contribution in [-0.4, -0.2) is 37.3 Å². The van der Waals surface area contributed by atoms with Crippen molar-refractivity contribution in [1.82, 2.24) is 4.98 Å². The molecule has 0 N–H and O–H groups in total. The van der Waals surface area contributed by atoms with E-state index in [9.17, 15) is 18.0 Å². The number of benzene rings is 3. The van der Waals surface area contributed by atoms with Crippen molar-refractivity contribution in [1.29, 1.82) is 0 Å². The fourth-order valence-electron chi connectivity index (χ4n) is 4.22. The Kier molecular flexibility index (Phi) is 8.83. The number of sulfonamides is 1. The van der Waals surface area contributed by atoms with Gasteiger partial charge in [-0.05, 0) is 86.0 Å². The number of esters is 1. The molecule has 208 valence electrons. The van der Waals surface area contributed by atoms with Gasteiger partial charge < -0.3 is 4.74 Å². The van der Waals surface area contributed by atoms with Gasteiger partial charge in [-0.3, -0.25) is 18.9 Å². The molecule has 0 fully saturated rings. The number of aromatic nitrogens is 1. The summed E-state index contributed by atoms with van der Waals surface area (Å²) in [7, 11) is -4.29. The van der Waals surface area contributed by atoms with E-state index in [0.717, 1.165) is 9.87 Å². The molecule has 40 heavy (non-hydrogen) atoms. The van der Waals surface area contributed by atoms with E-state index in [2.05, 4.69) is 4.98 Å². The molecule has 0 saturated heterocycles.